The molecule has 2 aliphatic heterocycles. The molecule has 3 heterocycles. The average Bonchev–Trinajstić information content (AvgIpc) is 3.09. The molecule has 0 aliphatic carbocycles. The van der Waals surface area contributed by atoms with Crippen molar-refractivity contribution in [1.82, 2.24) is 10.2 Å². The van der Waals surface area contributed by atoms with Crippen molar-refractivity contribution in [1.29, 1.82) is 0 Å². The Balaban J connectivity index is 0.00000182. The normalized spacial score (nSPS) is 25.9. The number of fused-ring (bicyclic) bond motifs is 1. The number of hydrogen-bond donors (Lipinski definition) is 3. The minimum absolute atomic E-state index is 0. The number of hydrogen-bond acceptors (Lipinski definition) is 6. The molecule has 2 radical (unpaired) electrons. The van der Waals surface area contributed by atoms with Crippen molar-refractivity contribution in [2.75, 3.05) is 0 Å². The molecule has 1 aromatic heterocycles. The van der Waals surface area contributed by atoms with Gasteiger partial charge in [0, 0.05) is 63.9 Å². The van der Waals surface area contributed by atoms with Crippen LogP contribution in [0.5, 0.6) is 0 Å². The number of carbonyl (C=O) groups excluding carboxylic acids is 2. The van der Waals surface area contributed by atoms with Gasteiger partial charge in [-0.05, 0) is 36.2 Å². The fourth-order valence-corrected chi connectivity index (χ4v) is 5.54. The predicted octanol–water partition coefficient (Wildman–Crippen LogP) is -0.214. The van der Waals surface area contributed by atoms with Crippen molar-refractivity contribution >= 4 is 106 Å². The molecule has 3 rings (SSSR count). The van der Waals surface area contributed by atoms with Crippen LogP contribution in [0.25, 0.3) is 0 Å². The molecule has 0 spiro atoms. The van der Waals surface area contributed by atoms with Gasteiger partial charge < -0.3 is 20.4 Å². The van der Waals surface area contributed by atoms with E-state index in [0.717, 1.165) is 0 Å². The standard InChI is InChI=1S/C15H16N2O6S2.2Na/c1-15(2)9(14(22)23)17-11(19)8(12(17)25-15)16-10(18)7(13(20)21)6-3-4-24-5-6;;/h3-5,7-9,12H,1-2H3,(H,16,18)(H,20,21)(H,22,23);;/t7?,8-,9+,12-;;/m1../s1. The van der Waals surface area contributed by atoms with Crippen LogP contribution in [0.2, 0.25) is 0 Å². The fourth-order valence-electron chi connectivity index (χ4n) is 3.23. The average molecular weight is 430 g/mol. The fraction of sp³-hybridized carbons (Fsp3) is 0.467. The Kier molecular flexibility index (Phi) is 8.48. The molecule has 0 aromatic carbocycles. The Morgan fingerprint density at radius 3 is 2.37 bits per heavy atom. The molecule has 27 heavy (non-hydrogen) atoms. The van der Waals surface area contributed by atoms with Gasteiger partial charge in [0.2, 0.25) is 11.8 Å². The third-order valence-corrected chi connectivity index (χ3v) is 6.63. The molecular formula is C15H16N2Na2O6S2. The van der Waals surface area contributed by atoms with Gasteiger partial charge in [-0.1, -0.05) is 0 Å². The Morgan fingerprint density at radius 2 is 1.89 bits per heavy atom. The van der Waals surface area contributed by atoms with Gasteiger partial charge in [0.05, 0.1) is 0 Å². The van der Waals surface area contributed by atoms with E-state index in [1.54, 1.807) is 30.7 Å². The second kappa shape index (κ2) is 9.17. The number of rotatable bonds is 5. The summed E-state index contributed by atoms with van der Waals surface area (Å²) in [5, 5.41) is 23.9. The first-order valence-electron chi connectivity index (χ1n) is 7.43. The van der Waals surface area contributed by atoms with Crippen LogP contribution >= 0.6 is 23.1 Å². The molecule has 4 atom stereocenters. The zero-order valence-electron chi connectivity index (χ0n) is 15.3. The minimum atomic E-state index is -1.40. The van der Waals surface area contributed by atoms with Crippen LogP contribution < -0.4 is 5.32 Å². The van der Waals surface area contributed by atoms with Gasteiger partial charge in [-0.3, -0.25) is 14.4 Å². The first-order valence-corrected chi connectivity index (χ1v) is 9.25. The number of nitrogens with zero attached hydrogens (tertiary/aromatic N) is 1. The van der Waals surface area contributed by atoms with Crippen LogP contribution in [0.3, 0.4) is 0 Å². The number of aliphatic carboxylic acids is 2. The molecule has 1 aromatic rings. The molecule has 136 valence electrons. The van der Waals surface area contributed by atoms with Crippen molar-refractivity contribution in [3.8, 4) is 0 Å². The van der Waals surface area contributed by atoms with E-state index in [1.165, 1.54) is 28.0 Å². The first kappa shape index (κ1) is 25.0. The number of thiophene rings is 1. The molecule has 2 saturated heterocycles. The zero-order chi connectivity index (χ0) is 18.5. The van der Waals surface area contributed by atoms with Crippen molar-refractivity contribution in [2.24, 2.45) is 0 Å². The predicted molar refractivity (Wildman–Crippen MR) is 102 cm³/mol. The van der Waals surface area contributed by atoms with Gasteiger partial charge in [-0.2, -0.15) is 11.3 Å². The maximum absolute atomic E-state index is 12.4. The first-order chi connectivity index (χ1) is 11.6. The summed E-state index contributed by atoms with van der Waals surface area (Å²) in [6.07, 6.45) is 0. The SMILES string of the molecule is CC1(C)S[C@@H]2[C@H](NC(=O)C(C(=O)O)c3ccsc3)C(=O)N2[C@H]1C(=O)O.[Na].[Na]. The zero-order valence-corrected chi connectivity index (χ0v) is 21.0. The molecule has 3 N–H and O–H groups in total. The number of carboxylic acids is 2. The van der Waals surface area contributed by atoms with E-state index >= 15 is 0 Å². The van der Waals surface area contributed by atoms with Gasteiger partial charge in [-0.25, -0.2) is 4.79 Å². The molecule has 2 aliphatic rings. The monoisotopic (exact) mass is 430 g/mol. The van der Waals surface area contributed by atoms with Crippen LogP contribution in [-0.2, 0) is 19.2 Å². The number of carboxylic acid groups (broad SMARTS) is 2. The van der Waals surface area contributed by atoms with Gasteiger partial charge in [0.15, 0.2) is 5.92 Å². The molecule has 0 saturated carbocycles. The third kappa shape index (κ3) is 4.42. The van der Waals surface area contributed by atoms with Crippen LogP contribution in [0.1, 0.15) is 25.3 Å². The van der Waals surface area contributed by atoms with Gasteiger partial charge >= 0.3 is 11.9 Å². The van der Waals surface area contributed by atoms with Crippen LogP contribution in [0, 0.1) is 0 Å². The Morgan fingerprint density at radius 1 is 1.26 bits per heavy atom. The van der Waals surface area contributed by atoms with Crippen LogP contribution in [0.15, 0.2) is 16.8 Å². The number of thioether (sulfide) groups is 1. The second-order valence-electron chi connectivity index (χ2n) is 6.41. The quantitative estimate of drug-likeness (QED) is 0.335. The molecule has 1 unspecified atom stereocenters. The van der Waals surface area contributed by atoms with Crippen molar-refractivity contribution in [3.63, 3.8) is 0 Å². The summed E-state index contributed by atoms with van der Waals surface area (Å²) in [5.41, 5.74) is 0.349. The number of nitrogens with one attached hydrogen (secondary N) is 1. The van der Waals surface area contributed by atoms with E-state index in [1.807, 2.05) is 0 Å². The van der Waals surface area contributed by atoms with Gasteiger partial charge in [0.25, 0.3) is 0 Å². The van der Waals surface area contributed by atoms with E-state index in [2.05, 4.69) is 5.32 Å². The summed E-state index contributed by atoms with van der Waals surface area (Å²) in [6.45, 7) is 3.46. The van der Waals surface area contributed by atoms with E-state index in [9.17, 15) is 29.4 Å². The van der Waals surface area contributed by atoms with E-state index in [-0.39, 0.29) is 59.1 Å². The van der Waals surface area contributed by atoms with Crippen molar-refractivity contribution < 1.29 is 29.4 Å². The van der Waals surface area contributed by atoms with Crippen molar-refractivity contribution in [2.45, 2.75) is 42.0 Å². The topological polar surface area (TPSA) is 124 Å². The summed E-state index contributed by atoms with van der Waals surface area (Å²) in [4.78, 5) is 48.9. The summed E-state index contributed by atoms with van der Waals surface area (Å²) in [5.74, 6) is -5.08. The van der Waals surface area contributed by atoms with Gasteiger partial charge in [0.1, 0.15) is 17.5 Å². The molecule has 12 heteroatoms. The molecule has 0 bridgehead atoms. The van der Waals surface area contributed by atoms with Crippen molar-refractivity contribution in [3.05, 3.63) is 22.4 Å². The summed E-state index contributed by atoms with van der Waals surface area (Å²) in [6, 6.07) is -0.344. The maximum Gasteiger partial charge on any atom is 0.327 e. The molecular weight excluding hydrogens is 414 g/mol. The van der Waals surface area contributed by atoms with E-state index in [4.69, 9.17) is 0 Å². The maximum atomic E-state index is 12.4. The van der Waals surface area contributed by atoms with Gasteiger partial charge in [-0.15, -0.1) is 11.8 Å². The van der Waals surface area contributed by atoms with Crippen LogP contribution in [-0.4, -0.2) is 120 Å². The minimum Gasteiger partial charge on any atom is -0.480 e. The Bertz CT molecular complexity index is 757. The summed E-state index contributed by atoms with van der Waals surface area (Å²) in [7, 11) is 0. The molecule has 8 nitrogen and oxygen atoms in total. The smallest absolute Gasteiger partial charge is 0.327 e. The number of amides is 2. The van der Waals surface area contributed by atoms with Crippen LogP contribution in [0.4, 0.5) is 0 Å². The number of β-lactam (4-membered cyclic amide) rings is 1. The Hall–Kier alpha value is -0.0700. The number of carbonyl (C=O) groups is 4. The largest absolute Gasteiger partial charge is 0.480 e. The van der Waals surface area contributed by atoms with E-state index < -0.39 is 51.9 Å². The summed E-state index contributed by atoms with van der Waals surface area (Å²) < 4.78 is -0.703. The molecule has 2 amide bonds. The summed E-state index contributed by atoms with van der Waals surface area (Å²) >= 11 is 2.56. The third-order valence-electron chi connectivity index (χ3n) is 4.36. The van der Waals surface area contributed by atoms with E-state index in [0.29, 0.717) is 5.56 Å². The Labute approximate surface area is 208 Å². The molecule has 2 fully saturated rings. The second-order valence-corrected chi connectivity index (χ2v) is 8.96.